The number of halogens is 2. The SMILES string of the molecule is N#COP(=O)(OCl)OBr. The van der Waals surface area contributed by atoms with Crippen molar-refractivity contribution in [2.24, 2.45) is 0 Å². The summed E-state index contributed by atoms with van der Waals surface area (Å²) >= 11 is 6.88. The number of nitriles is 1. The molecule has 0 aromatic rings. The Labute approximate surface area is 64.7 Å². The largest absolute Gasteiger partial charge is 0.567 e. The second-order valence-electron chi connectivity index (χ2n) is 0.768. The highest BCUT2D eigenvalue weighted by molar-refractivity contribution is 9.06. The Morgan fingerprint density at radius 3 is 2.44 bits per heavy atom. The van der Waals surface area contributed by atoms with Crippen molar-refractivity contribution in [1.29, 1.82) is 5.26 Å². The molecule has 0 heterocycles. The molecular formula is CBrClNO4P. The smallest absolute Gasteiger partial charge is 0.326 e. The van der Waals surface area contributed by atoms with Crippen LogP contribution in [0.1, 0.15) is 0 Å². The third kappa shape index (κ3) is 3.04. The van der Waals surface area contributed by atoms with Gasteiger partial charge in [0.2, 0.25) is 0 Å². The maximum Gasteiger partial charge on any atom is 0.567 e. The van der Waals surface area contributed by atoms with E-state index >= 15 is 0 Å². The molecule has 1 unspecified atom stereocenters. The van der Waals surface area contributed by atoms with E-state index in [1.807, 2.05) is 0 Å². The first-order valence-corrected chi connectivity index (χ1v) is 3.88. The van der Waals surface area contributed by atoms with Gasteiger partial charge < -0.3 is 4.52 Å². The first-order chi connectivity index (χ1) is 4.18. The van der Waals surface area contributed by atoms with Crippen molar-refractivity contribution < 1.29 is 16.8 Å². The minimum atomic E-state index is -3.86. The van der Waals surface area contributed by atoms with Crippen LogP contribution in [0, 0.1) is 11.5 Å². The minimum Gasteiger partial charge on any atom is -0.326 e. The zero-order valence-electron chi connectivity index (χ0n) is 3.78. The topological polar surface area (TPSA) is 68.5 Å². The Hall–Kier alpha value is 0.210. The normalized spacial score (nSPS) is 15.7. The van der Waals surface area contributed by atoms with Crippen molar-refractivity contribution in [3.8, 4) is 6.26 Å². The predicted octanol–water partition coefficient (Wildman–Crippen LogP) is 2.09. The average Bonchev–Trinajstić information content (AvgIpc) is 1.89. The first-order valence-electron chi connectivity index (χ1n) is 1.47. The zero-order valence-corrected chi connectivity index (χ0v) is 7.02. The molecule has 0 saturated carbocycles. The van der Waals surface area contributed by atoms with Crippen molar-refractivity contribution in [2.45, 2.75) is 0 Å². The van der Waals surface area contributed by atoms with Crippen LogP contribution < -0.4 is 0 Å². The summed E-state index contributed by atoms with van der Waals surface area (Å²) in [4.78, 5) is 0. The Balaban J connectivity index is 3.98. The first kappa shape index (κ1) is 9.21. The van der Waals surface area contributed by atoms with Gasteiger partial charge in [0.25, 0.3) is 6.26 Å². The van der Waals surface area contributed by atoms with Gasteiger partial charge in [0.1, 0.15) is 16.3 Å². The van der Waals surface area contributed by atoms with Crippen LogP contribution in [0.15, 0.2) is 0 Å². The van der Waals surface area contributed by atoms with E-state index < -0.39 is 7.82 Å². The van der Waals surface area contributed by atoms with Gasteiger partial charge in [-0.2, -0.15) is 7.69 Å². The van der Waals surface area contributed by atoms with Gasteiger partial charge in [0.05, 0.1) is 11.9 Å². The lowest BCUT2D eigenvalue weighted by atomic mass is 11.6. The highest BCUT2D eigenvalue weighted by atomic mass is 79.9. The summed E-state index contributed by atoms with van der Waals surface area (Å²) in [7, 11) is -3.86. The maximum absolute atomic E-state index is 10.5. The zero-order chi connectivity index (χ0) is 7.33. The lowest BCUT2D eigenvalue weighted by Crippen LogP contribution is -1.81. The fourth-order valence-corrected chi connectivity index (χ4v) is 0.994. The van der Waals surface area contributed by atoms with Crippen LogP contribution in [-0.4, -0.2) is 0 Å². The molecule has 1 atom stereocenters. The summed E-state index contributed by atoms with van der Waals surface area (Å²) in [5.74, 6) is 0. The predicted molar refractivity (Wildman–Crippen MR) is 31.3 cm³/mol. The Morgan fingerprint density at radius 2 is 2.33 bits per heavy atom. The van der Waals surface area contributed by atoms with Gasteiger partial charge in [0, 0.05) is 0 Å². The summed E-state index contributed by atoms with van der Waals surface area (Å²) in [6, 6.07) is 0. The van der Waals surface area contributed by atoms with Crippen LogP contribution in [0.2, 0.25) is 0 Å². The van der Waals surface area contributed by atoms with Gasteiger partial charge in [-0.05, 0) is 0 Å². The van der Waals surface area contributed by atoms with Crippen molar-refractivity contribution in [2.75, 3.05) is 0 Å². The minimum absolute atomic E-state index is 1.08. The van der Waals surface area contributed by atoms with Crippen molar-refractivity contribution >= 4 is 35.9 Å². The molecule has 0 aliphatic heterocycles. The van der Waals surface area contributed by atoms with Crippen LogP contribution in [-0.2, 0) is 16.8 Å². The van der Waals surface area contributed by atoms with Crippen LogP contribution in [0.3, 0.4) is 0 Å². The number of nitrogens with zero attached hydrogens (tertiary/aromatic N) is 1. The van der Waals surface area contributed by atoms with E-state index in [-0.39, 0.29) is 0 Å². The second-order valence-corrected chi connectivity index (χ2v) is 3.40. The van der Waals surface area contributed by atoms with Crippen LogP contribution in [0.5, 0.6) is 0 Å². The lowest BCUT2D eigenvalue weighted by molar-refractivity contribution is 0.311. The molecule has 0 saturated heterocycles. The molecular weight excluding hydrogens is 236 g/mol. The molecule has 0 amide bonds. The van der Waals surface area contributed by atoms with Crippen LogP contribution in [0.25, 0.3) is 0 Å². The molecule has 0 aliphatic carbocycles. The molecule has 0 radical (unpaired) electrons. The summed E-state index contributed by atoms with van der Waals surface area (Å²) < 4.78 is 21.8. The third-order valence-electron chi connectivity index (χ3n) is 0.322. The molecule has 0 aliphatic rings. The summed E-state index contributed by atoms with van der Waals surface area (Å²) in [5, 5.41) is 7.78. The van der Waals surface area contributed by atoms with E-state index in [1.165, 1.54) is 0 Å². The lowest BCUT2D eigenvalue weighted by Gasteiger charge is -2.01. The Bertz CT molecular complexity index is 158. The molecule has 0 N–H and O–H groups in total. The van der Waals surface area contributed by atoms with Crippen molar-refractivity contribution in [1.82, 2.24) is 0 Å². The van der Waals surface area contributed by atoms with E-state index in [1.54, 1.807) is 0 Å². The number of rotatable bonds is 3. The molecule has 8 heteroatoms. The molecule has 0 aromatic heterocycles. The molecule has 0 spiro atoms. The van der Waals surface area contributed by atoms with Gasteiger partial charge >= 0.3 is 7.82 Å². The standard InChI is InChI=1S/CBrClNO4P/c2-7-9(5,8-3)6-1-4. The van der Waals surface area contributed by atoms with Gasteiger partial charge in [-0.1, -0.05) is 0 Å². The molecule has 0 fully saturated rings. The molecule has 0 rings (SSSR count). The van der Waals surface area contributed by atoms with Crippen LogP contribution in [0.4, 0.5) is 0 Å². The summed E-state index contributed by atoms with van der Waals surface area (Å²) in [6.45, 7) is 0. The fourth-order valence-electron chi connectivity index (χ4n) is 0.0888. The van der Waals surface area contributed by atoms with Gasteiger partial charge in [0.15, 0.2) is 0 Å². The van der Waals surface area contributed by atoms with E-state index in [0.717, 1.165) is 6.26 Å². The highest BCUT2D eigenvalue weighted by Crippen LogP contribution is 2.51. The average molecular weight is 236 g/mol. The monoisotopic (exact) mass is 235 g/mol. The molecule has 0 bridgehead atoms. The van der Waals surface area contributed by atoms with Crippen LogP contribution >= 0.6 is 35.9 Å². The summed E-state index contributed by atoms with van der Waals surface area (Å²) in [6.07, 6.45) is 1.08. The number of hydrogen-bond acceptors (Lipinski definition) is 5. The van der Waals surface area contributed by atoms with Crippen molar-refractivity contribution in [3.05, 3.63) is 0 Å². The molecule has 9 heavy (non-hydrogen) atoms. The quantitative estimate of drug-likeness (QED) is 0.554. The molecule has 52 valence electrons. The van der Waals surface area contributed by atoms with E-state index in [0.29, 0.717) is 0 Å². The third-order valence-corrected chi connectivity index (χ3v) is 2.54. The van der Waals surface area contributed by atoms with Gasteiger partial charge in [-0.15, -0.1) is 5.26 Å². The van der Waals surface area contributed by atoms with Gasteiger partial charge in [-0.25, -0.2) is 4.57 Å². The summed E-state index contributed by atoms with van der Waals surface area (Å²) in [5.41, 5.74) is 0. The van der Waals surface area contributed by atoms with E-state index in [2.05, 4.69) is 40.3 Å². The highest BCUT2D eigenvalue weighted by Gasteiger charge is 2.27. The number of phosphoric acid groups is 1. The number of hydrogen-bond donors (Lipinski definition) is 0. The Kier molecular flexibility index (Phi) is 4.19. The van der Waals surface area contributed by atoms with E-state index in [4.69, 9.17) is 5.26 Å². The fraction of sp³-hybridized carbons (Fsp3) is 0. The maximum atomic E-state index is 10.5. The second kappa shape index (κ2) is 4.09. The molecule has 0 aromatic carbocycles. The Morgan fingerprint density at radius 1 is 1.78 bits per heavy atom. The van der Waals surface area contributed by atoms with Gasteiger partial charge in [-0.3, -0.25) is 0 Å². The van der Waals surface area contributed by atoms with E-state index in [9.17, 15) is 4.57 Å². The van der Waals surface area contributed by atoms with Crippen molar-refractivity contribution in [3.63, 3.8) is 0 Å². The molecule has 5 nitrogen and oxygen atoms in total.